The topological polar surface area (TPSA) is 75.7 Å². The van der Waals surface area contributed by atoms with E-state index < -0.39 is 17.8 Å². The Balaban J connectivity index is 1.57. The molecule has 0 spiro atoms. The molecular formula is C23H25BrN2O4. The normalized spacial score (nSPS) is 15.9. The molecule has 0 unspecified atom stereocenters. The second kappa shape index (κ2) is 9.43. The minimum absolute atomic E-state index is 0.0868. The molecule has 0 aromatic heterocycles. The molecule has 3 rings (SSSR count). The standard InChI is InChI=1S/C23H25BrN2O4/c1-4-16-7-5-6-8-20(16)26-12-17(11-22(26)28)23(29)30-13-21(27)25-19-10-14(2)18(24)9-15(19)3/h5-10,17H,4,11-13H2,1-3H3,(H,25,27)/t17-/m0/s1. The quantitative estimate of drug-likeness (QED) is 0.640. The fraction of sp³-hybridized carbons (Fsp3) is 0.348. The van der Waals surface area contributed by atoms with E-state index in [0.29, 0.717) is 5.69 Å². The van der Waals surface area contributed by atoms with Gasteiger partial charge < -0.3 is 15.0 Å². The first kappa shape index (κ1) is 22.0. The number of aryl methyl sites for hydroxylation is 3. The van der Waals surface area contributed by atoms with Gasteiger partial charge in [-0.05, 0) is 55.2 Å². The fourth-order valence-electron chi connectivity index (χ4n) is 3.53. The van der Waals surface area contributed by atoms with Crippen LogP contribution in [0.4, 0.5) is 11.4 Å². The molecular weight excluding hydrogens is 448 g/mol. The van der Waals surface area contributed by atoms with E-state index in [1.165, 1.54) is 0 Å². The van der Waals surface area contributed by atoms with Crippen molar-refractivity contribution in [2.45, 2.75) is 33.6 Å². The van der Waals surface area contributed by atoms with Crippen LogP contribution in [0.25, 0.3) is 0 Å². The number of amides is 2. The Labute approximate surface area is 184 Å². The summed E-state index contributed by atoms with van der Waals surface area (Å²) < 4.78 is 6.17. The summed E-state index contributed by atoms with van der Waals surface area (Å²) in [6, 6.07) is 11.5. The molecule has 1 atom stereocenters. The van der Waals surface area contributed by atoms with Crippen molar-refractivity contribution in [1.29, 1.82) is 0 Å². The molecule has 1 saturated heterocycles. The van der Waals surface area contributed by atoms with Crippen LogP contribution in [-0.4, -0.2) is 30.9 Å². The lowest BCUT2D eigenvalue weighted by Gasteiger charge is -2.19. The summed E-state index contributed by atoms with van der Waals surface area (Å²) in [7, 11) is 0. The van der Waals surface area contributed by atoms with Gasteiger partial charge >= 0.3 is 5.97 Å². The molecule has 1 aliphatic heterocycles. The van der Waals surface area contributed by atoms with Crippen LogP contribution in [0.5, 0.6) is 0 Å². The number of rotatable bonds is 6. The number of nitrogens with zero attached hydrogens (tertiary/aromatic N) is 1. The summed E-state index contributed by atoms with van der Waals surface area (Å²) in [6.45, 7) is 5.72. The average Bonchev–Trinajstić information content (AvgIpc) is 3.11. The summed E-state index contributed by atoms with van der Waals surface area (Å²) in [5, 5.41) is 2.77. The number of esters is 1. The largest absolute Gasteiger partial charge is 0.455 e. The van der Waals surface area contributed by atoms with Crippen LogP contribution in [-0.2, 0) is 25.5 Å². The SMILES string of the molecule is CCc1ccccc1N1C[C@@H](C(=O)OCC(=O)Nc2cc(C)c(Br)cc2C)CC1=O. The number of carbonyl (C=O) groups excluding carboxylic acids is 3. The first-order valence-corrected chi connectivity index (χ1v) is 10.7. The smallest absolute Gasteiger partial charge is 0.311 e. The number of halogens is 1. The van der Waals surface area contributed by atoms with Crippen molar-refractivity contribution in [2.24, 2.45) is 5.92 Å². The highest BCUT2D eigenvalue weighted by Gasteiger charge is 2.37. The summed E-state index contributed by atoms with van der Waals surface area (Å²) >= 11 is 3.46. The summed E-state index contributed by atoms with van der Waals surface area (Å²) in [4.78, 5) is 38.8. The Hall–Kier alpha value is -2.67. The summed E-state index contributed by atoms with van der Waals surface area (Å²) in [5.74, 6) is -1.63. The third kappa shape index (κ3) is 4.90. The number of hydrogen-bond donors (Lipinski definition) is 1. The van der Waals surface area contributed by atoms with Gasteiger partial charge in [-0.3, -0.25) is 14.4 Å². The molecule has 30 heavy (non-hydrogen) atoms. The van der Waals surface area contributed by atoms with Crippen molar-refractivity contribution in [1.82, 2.24) is 0 Å². The number of benzene rings is 2. The zero-order valence-electron chi connectivity index (χ0n) is 17.3. The summed E-state index contributed by atoms with van der Waals surface area (Å²) in [6.07, 6.45) is 0.883. The molecule has 0 radical (unpaired) electrons. The molecule has 7 heteroatoms. The van der Waals surface area contributed by atoms with Gasteiger partial charge in [0.05, 0.1) is 5.92 Å². The lowest BCUT2D eigenvalue weighted by Crippen LogP contribution is -2.28. The van der Waals surface area contributed by atoms with E-state index in [4.69, 9.17) is 4.74 Å². The van der Waals surface area contributed by atoms with E-state index in [1.54, 1.807) is 4.90 Å². The number of para-hydroxylation sites is 1. The highest BCUT2D eigenvalue weighted by atomic mass is 79.9. The molecule has 0 aliphatic carbocycles. The minimum Gasteiger partial charge on any atom is -0.455 e. The molecule has 6 nitrogen and oxygen atoms in total. The van der Waals surface area contributed by atoms with Crippen LogP contribution in [0.3, 0.4) is 0 Å². The van der Waals surface area contributed by atoms with E-state index >= 15 is 0 Å². The molecule has 1 aliphatic rings. The second-order valence-corrected chi connectivity index (χ2v) is 8.31. The van der Waals surface area contributed by atoms with Gasteiger partial charge in [-0.2, -0.15) is 0 Å². The highest BCUT2D eigenvalue weighted by molar-refractivity contribution is 9.10. The monoisotopic (exact) mass is 472 g/mol. The van der Waals surface area contributed by atoms with Crippen LogP contribution >= 0.6 is 15.9 Å². The number of carbonyl (C=O) groups is 3. The molecule has 158 valence electrons. The Kier molecular flexibility index (Phi) is 6.92. The Morgan fingerprint density at radius 3 is 2.67 bits per heavy atom. The Bertz CT molecular complexity index is 989. The van der Waals surface area contributed by atoms with E-state index in [-0.39, 0.29) is 25.5 Å². The van der Waals surface area contributed by atoms with Gasteiger partial charge in [0.2, 0.25) is 5.91 Å². The van der Waals surface area contributed by atoms with Crippen molar-refractivity contribution in [3.8, 4) is 0 Å². The van der Waals surface area contributed by atoms with Crippen molar-refractivity contribution < 1.29 is 19.1 Å². The maximum atomic E-state index is 12.5. The molecule has 1 heterocycles. The third-order valence-electron chi connectivity index (χ3n) is 5.25. The molecule has 2 amide bonds. The molecule has 2 aromatic rings. The van der Waals surface area contributed by atoms with Gasteiger partial charge in [0.1, 0.15) is 0 Å². The predicted molar refractivity (Wildman–Crippen MR) is 119 cm³/mol. The van der Waals surface area contributed by atoms with Crippen molar-refractivity contribution in [2.75, 3.05) is 23.4 Å². The maximum Gasteiger partial charge on any atom is 0.311 e. The summed E-state index contributed by atoms with van der Waals surface area (Å²) in [5.41, 5.74) is 4.46. The van der Waals surface area contributed by atoms with E-state index in [0.717, 1.165) is 33.3 Å². The number of hydrogen-bond acceptors (Lipinski definition) is 4. The molecule has 2 aromatic carbocycles. The van der Waals surface area contributed by atoms with Crippen LogP contribution < -0.4 is 10.2 Å². The van der Waals surface area contributed by atoms with Crippen LogP contribution in [0.15, 0.2) is 40.9 Å². The van der Waals surface area contributed by atoms with Crippen LogP contribution in [0, 0.1) is 19.8 Å². The Morgan fingerprint density at radius 1 is 1.20 bits per heavy atom. The second-order valence-electron chi connectivity index (χ2n) is 7.46. The first-order chi connectivity index (χ1) is 14.3. The van der Waals surface area contributed by atoms with Gasteiger partial charge in [-0.25, -0.2) is 0 Å². The fourth-order valence-corrected chi connectivity index (χ4v) is 3.99. The highest BCUT2D eigenvalue weighted by Crippen LogP contribution is 2.29. The van der Waals surface area contributed by atoms with Gasteiger partial charge in [0.25, 0.3) is 5.91 Å². The predicted octanol–water partition coefficient (Wildman–Crippen LogP) is 4.16. The van der Waals surface area contributed by atoms with Crippen molar-refractivity contribution in [3.63, 3.8) is 0 Å². The zero-order valence-corrected chi connectivity index (χ0v) is 18.9. The third-order valence-corrected chi connectivity index (χ3v) is 6.10. The van der Waals surface area contributed by atoms with Gasteiger partial charge in [0, 0.05) is 28.8 Å². The van der Waals surface area contributed by atoms with E-state index in [9.17, 15) is 14.4 Å². The van der Waals surface area contributed by atoms with E-state index in [2.05, 4.69) is 21.2 Å². The maximum absolute atomic E-state index is 12.5. The van der Waals surface area contributed by atoms with Crippen molar-refractivity contribution in [3.05, 3.63) is 57.6 Å². The molecule has 1 fully saturated rings. The molecule has 0 bridgehead atoms. The Morgan fingerprint density at radius 2 is 1.93 bits per heavy atom. The lowest BCUT2D eigenvalue weighted by molar-refractivity contribution is -0.151. The van der Waals surface area contributed by atoms with Crippen LogP contribution in [0.1, 0.15) is 30.0 Å². The minimum atomic E-state index is -0.577. The zero-order chi connectivity index (χ0) is 21.8. The number of nitrogens with one attached hydrogen (secondary N) is 1. The van der Waals surface area contributed by atoms with E-state index in [1.807, 2.05) is 57.2 Å². The molecule has 1 N–H and O–H groups in total. The van der Waals surface area contributed by atoms with Gasteiger partial charge in [-0.1, -0.05) is 41.1 Å². The van der Waals surface area contributed by atoms with Gasteiger partial charge in [0.15, 0.2) is 6.61 Å². The number of ether oxygens (including phenoxy) is 1. The van der Waals surface area contributed by atoms with Crippen LogP contribution in [0.2, 0.25) is 0 Å². The average molecular weight is 473 g/mol. The molecule has 0 saturated carbocycles. The number of anilines is 2. The lowest BCUT2D eigenvalue weighted by atomic mass is 10.1. The van der Waals surface area contributed by atoms with Crippen molar-refractivity contribution >= 4 is 45.1 Å². The van der Waals surface area contributed by atoms with Gasteiger partial charge in [-0.15, -0.1) is 0 Å². The first-order valence-electron chi connectivity index (χ1n) is 9.91.